The van der Waals surface area contributed by atoms with Crippen molar-refractivity contribution in [1.29, 1.82) is 0 Å². The molecule has 1 aromatic carbocycles. The van der Waals surface area contributed by atoms with Crippen molar-refractivity contribution in [3.8, 4) is 0 Å². The van der Waals surface area contributed by atoms with E-state index in [1.807, 2.05) is 18.2 Å². The zero-order chi connectivity index (χ0) is 12.3. The van der Waals surface area contributed by atoms with E-state index in [0.717, 1.165) is 24.8 Å². The van der Waals surface area contributed by atoms with E-state index in [1.54, 1.807) is 0 Å². The predicted molar refractivity (Wildman–Crippen MR) is 70.2 cm³/mol. The van der Waals surface area contributed by atoms with Gasteiger partial charge in [-0.1, -0.05) is 38.0 Å². The fourth-order valence-corrected chi connectivity index (χ4v) is 2.64. The Morgan fingerprint density at radius 3 is 2.71 bits per heavy atom. The minimum atomic E-state index is -0.237. The highest BCUT2D eigenvalue weighted by molar-refractivity contribution is 5.97. The van der Waals surface area contributed by atoms with E-state index in [-0.39, 0.29) is 11.3 Å². The van der Waals surface area contributed by atoms with Gasteiger partial charge in [0.05, 0.1) is 0 Å². The quantitative estimate of drug-likeness (QED) is 0.809. The third-order valence-corrected chi connectivity index (χ3v) is 3.77. The SMILES string of the molecule is CCc1cccc(C(=O)CC2(N)CCCC2)c1. The van der Waals surface area contributed by atoms with E-state index >= 15 is 0 Å². The molecule has 2 N–H and O–H groups in total. The van der Waals surface area contributed by atoms with Gasteiger partial charge < -0.3 is 5.73 Å². The highest BCUT2D eigenvalue weighted by Gasteiger charge is 2.31. The molecular weight excluding hydrogens is 210 g/mol. The van der Waals surface area contributed by atoms with Crippen LogP contribution in [0.15, 0.2) is 24.3 Å². The summed E-state index contributed by atoms with van der Waals surface area (Å²) in [5.41, 5.74) is 8.05. The van der Waals surface area contributed by atoms with Crippen molar-refractivity contribution in [3.63, 3.8) is 0 Å². The molecule has 1 aromatic rings. The second-order valence-electron chi connectivity index (χ2n) is 5.22. The lowest BCUT2D eigenvalue weighted by atomic mass is 9.89. The average molecular weight is 231 g/mol. The van der Waals surface area contributed by atoms with Crippen molar-refractivity contribution in [2.75, 3.05) is 0 Å². The fourth-order valence-electron chi connectivity index (χ4n) is 2.64. The van der Waals surface area contributed by atoms with Crippen molar-refractivity contribution in [1.82, 2.24) is 0 Å². The van der Waals surface area contributed by atoms with E-state index < -0.39 is 0 Å². The van der Waals surface area contributed by atoms with Gasteiger partial charge in [-0.2, -0.15) is 0 Å². The van der Waals surface area contributed by atoms with E-state index in [4.69, 9.17) is 5.73 Å². The van der Waals surface area contributed by atoms with Crippen molar-refractivity contribution in [3.05, 3.63) is 35.4 Å². The van der Waals surface area contributed by atoms with Crippen LogP contribution in [0.25, 0.3) is 0 Å². The Balaban J connectivity index is 2.08. The first-order valence-electron chi connectivity index (χ1n) is 6.54. The van der Waals surface area contributed by atoms with Gasteiger partial charge in [-0.15, -0.1) is 0 Å². The third-order valence-electron chi connectivity index (χ3n) is 3.77. The van der Waals surface area contributed by atoms with Crippen LogP contribution in [0.3, 0.4) is 0 Å². The van der Waals surface area contributed by atoms with Crippen molar-refractivity contribution < 1.29 is 4.79 Å². The molecule has 0 aliphatic heterocycles. The summed E-state index contributed by atoms with van der Waals surface area (Å²) >= 11 is 0. The highest BCUT2D eigenvalue weighted by Crippen LogP contribution is 2.31. The number of hydrogen-bond acceptors (Lipinski definition) is 2. The molecule has 2 rings (SSSR count). The minimum absolute atomic E-state index is 0.199. The summed E-state index contributed by atoms with van der Waals surface area (Å²) in [5.74, 6) is 0.199. The molecule has 1 fully saturated rings. The molecule has 0 radical (unpaired) electrons. The number of carbonyl (C=O) groups is 1. The summed E-state index contributed by atoms with van der Waals surface area (Å²) in [7, 11) is 0. The number of ketones is 1. The number of Topliss-reactive ketones (excluding diaryl/α,β-unsaturated/α-hetero) is 1. The first-order chi connectivity index (χ1) is 8.13. The van der Waals surface area contributed by atoms with Crippen LogP contribution in [-0.2, 0) is 6.42 Å². The van der Waals surface area contributed by atoms with Gasteiger partial charge in [-0.05, 0) is 30.9 Å². The minimum Gasteiger partial charge on any atom is -0.325 e. The van der Waals surface area contributed by atoms with E-state index in [1.165, 1.54) is 18.4 Å². The van der Waals surface area contributed by atoms with Crippen LogP contribution in [0.2, 0.25) is 0 Å². The van der Waals surface area contributed by atoms with E-state index in [2.05, 4.69) is 13.0 Å². The zero-order valence-corrected chi connectivity index (χ0v) is 10.5. The van der Waals surface area contributed by atoms with Gasteiger partial charge in [0.25, 0.3) is 0 Å². The normalized spacial score (nSPS) is 18.2. The zero-order valence-electron chi connectivity index (χ0n) is 10.5. The lowest BCUT2D eigenvalue weighted by Crippen LogP contribution is -2.38. The van der Waals surface area contributed by atoms with Gasteiger partial charge in [0.2, 0.25) is 0 Å². The Labute approximate surface area is 103 Å². The van der Waals surface area contributed by atoms with Gasteiger partial charge in [0.1, 0.15) is 0 Å². The van der Waals surface area contributed by atoms with Gasteiger partial charge in [-0.25, -0.2) is 0 Å². The fraction of sp³-hybridized carbons (Fsp3) is 0.533. The van der Waals surface area contributed by atoms with Crippen LogP contribution < -0.4 is 5.73 Å². The first-order valence-corrected chi connectivity index (χ1v) is 6.54. The lowest BCUT2D eigenvalue weighted by Gasteiger charge is -2.22. The molecule has 0 aromatic heterocycles. The predicted octanol–water partition coefficient (Wildman–Crippen LogP) is 3.09. The van der Waals surface area contributed by atoms with Crippen LogP contribution in [0, 0.1) is 0 Å². The van der Waals surface area contributed by atoms with Crippen molar-refractivity contribution in [2.24, 2.45) is 5.73 Å². The maximum Gasteiger partial charge on any atom is 0.164 e. The molecule has 1 aliphatic carbocycles. The number of carbonyl (C=O) groups excluding carboxylic acids is 1. The van der Waals surface area contributed by atoms with Crippen LogP contribution in [-0.4, -0.2) is 11.3 Å². The standard InChI is InChI=1S/C15H21NO/c1-2-12-6-5-7-13(10-12)14(17)11-15(16)8-3-4-9-15/h5-7,10H,2-4,8-9,11,16H2,1H3. The Bertz CT molecular complexity index is 405. The largest absolute Gasteiger partial charge is 0.325 e. The highest BCUT2D eigenvalue weighted by atomic mass is 16.1. The second kappa shape index (κ2) is 5.01. The second-order valence-corrected chi connectivity index (χ2v) is 5.22. The molecule has 17 heavy (non-hydrogen) atoms. The summed E-state index contributed by atoms with van der Waals surface area (Å²) in [5, 5.41) is 0. The molecule has 2 nitrogen and oxygen atoms in total. The molecule has 0 amide bonds. The Morgan fingerprint density at radius 1 is 1.35 bits per heavy atom. The topological polar surface area (TPSA) is 43.1 Å². The summed E-state index contributed by atoms with van der Waals surface area (Å²) in [6, 6.07) is 7.93. The molecule has 0 heterocycles. The average Bonchev–Trinajstić information content (AvgIpc) is 2.76. The number of aryl methyl sites for hydroxylation is 1. The summed E-state index contributed by atoms with van der Waals surface area (Å²) in [6.07, 6.45) is 5.78. The van der Waals surface area contributed by atoms with E-state index in [9.17, 15) is 4.79 Å². The molecular formula is C15H21NO. The first kappa shape index (κ1) is 12.3. The number of nitrogens with two attached hydrogens (primary N) is 1. The monoisotopic (exact) mass is 231 g/mol. The summed E-state index contributed by atoms with van der Waals surface area (Å²) < 4.78 is 0. The number of rotatable bonds is 4. The van der Waals surface area contributed by atoms with Gasteiger partial charge >= 0.3 is 0 Å². The van der Waals surface area contributed by atoms with Crippen LogP contribution in [0.4, 0.5) is 0 Å². The molecule has 1 saturated carbocycles. The molecule has 0 bridgehead atoms. The Kier molecular flexibility index (Phi) is 3.63. The molecule has 1 aliphatic rings. The molecule has 0 spiro atoms. The van der Waals surface area contributed by atoms with Gasteiger partial charge in [0.15, 0.2) is 5.78 Å². The third kappa shape index (κ3) is 2.95. The summed E-state index contributed by atoms with van der Waals surface area (Å²) in [4.78, 5) is 12.2. The number of benzene rings is 1. The van der Waals surface area contributed by atoms with Crippen LogP contribution >= 0.6 is 0 Å². The van der Waals surface area contributed by atoms with Crippen LogP contribution in [0.5, 0.6) is 0 Å². The van der Waals surface area contributed by atoms with Crippen molar-refractivity contribution >= 4 is 5.78 Å². The lowest BCUT2D eigenvalue weighted by molar-refractivity contribution is 0.0952. The van der Waals surface area contributed by atoms with E-state index in [0.29, 0.717) is 6.42 Å². The van der Waals surface area contributed by atoms with Crippen LogP contribution in [0.1, 0.15) is 54.9 Å². The molecule has 2 heteroatoms. The van der Waals surface area contributed by atoms with Gasteiger partial charge in [0, 0.05) is 17.5 Å². The maximum absolute atomic E-state index is 12.2. The Hall–Kier alpha value is -1.15. The number of hydrogen-bond donors (Lipinski definition) is 1. The summed E-state index contributed by atoms with van der Waals surface area (Å²) in [6.45, 7) is 2.10. The van der Waals surface area contributed by atoms with Crippen molar-refractivity contribution in [2.45, 2.75) is 51.0 Å². The molecule has 0 unspecified atom stereocenters. The molecule has 0 saturated heterocycles. The van der Waals surface area contributed by atoms with Gasteiger partial charge in [-0.3, -0.25) is 4.79 Å². The molecule has 92 valence electrons. The Morgan fingerprint density at radius 2 is 2.06 bits per heavy atom. The maximum atomic E-state index is 12.2. The smallest absolute Gasteiger partial charge is 0.164 e. The molecule has 0 atom stereocenters.